The third kappa shape index (κ3) is 3.69. The van der Waals surface area contributed by atoms with Crippen LogP contribution in [0.4, 0.5) is 14.5 Å². The van der Waals surface area contributed by atoms with Crippen LogP contribution in [0, 0.1) is 23.5 Å². The fraction of sp³-hybridized carbons (Fsp3) is 0.552. The summed E-state index contributed by atoms with van der Waals surface area (Å²) in [6.45, 7) is 5.01. The maximum atomic E-state index is 14.7. The van der Waals surface area contributed by atoms with E-state index in [1.807, 2.05) is 6.07 Å². The van der Waals surface area contributed by atoms with Crippen molar-refractivity contribution < 1.29 is 18.3 Å². The van der Waals surface area contributed by atoms with Crippen molar-refractivity contribution in [1.29, 1.82) is 0 Å². The predicted octanol–water partition coefficient (Wildman–Crippen LogP) is 4.78. The lowest BCUT2D eigenvalue weighted by Crippen LogP contribution is -2.55. The summed E-state index contributed by atoms with van der Waals surface area (Å²) in [5, 5.41) is 6.32. The number of carbonyl (C=O) groups excluding carboxylic acids is 1. The highest BCUT2D eigenvalue weighted by molar-refractivity contribution is 6.00. The number of hydrogen-bond acceptors (Lipinski definition) is 4. The molecule has 3 aliphatic heterocycles. The zero-order valence-corrected chi connectivity index (χ0v) is 20.7. The SMILES string of the molecule is CC1(CC2CC(N(CC3CC3)C3COc4c(F)cc5c(c4C3)C(=O)NC5)C2)CNc2ccc(F)cc21. The molecule has 0 radical (unpaired) electrons. The second-order valence-electron chi connectivity index (χ2n) is 12.0. The van der Waals surface area contributed by atoms with Gasteiger partial charge in [-0.1, -0.05) is 6.92 Å². The summed E-state index contributed by atoms with van der Waals surface area (Å²) in [5.41, 5.74) is 4.23. The number of halogens is 2. The van der Waals surface area contributed by atoms with E-state index < -0.39 is 0 Å². The van der Waals surface area contributed by atoms with Crippen molar-refractivity contribution >= 4 is 11.6 Å². The lowest BCUT2D eigenvalue weighted by atomic mass is 9.67. The van der Waals surface area contributed by atoms with Crippen molar-refractivity contribution in [2.24, 2.45) is 11.8 Å². The second-order valence-corrected chi connectivity index (χ2v) is 12.0. The molecule has 2 unspecified atom stereocenters. The number of nitrogens with zero attached hydrogens (tertiary/aromatic N) is 1. The van der Waals surface area contributed by atoms with Crippen LogP contribution in [0.15, 0.2) is 24.3 Å². The van der Waals surface area contributed by atoms with Crippen molar-refractivity contribution in [2.45, 2.75) is 69.5 Å². The third-order valence-electron chi connectivity index (χ3n) is 9.30. The Labute approximate surface area is 210 Å². The summed E-state index contributed by atoms with van der Waals surface area (Å²) in [6, 6.07) is 7.18. The van der Waals surface area contributed by atoms with E-state index in [0.29, 0.717) is 37.1 Å². The van der Waals surface area contributed by atoms with Gasteiger partial charge in [-0.2, -0.15) is 0 Å². The Morgan fingerprint density at radius 3 is 2.75 bits per heavy atom. The maximum Gasteiger partial charge on any atom is 0.252 e. The minimum absolute atomic E-state index is 0.0489. The van der Waals surface area contributed by atoms with E-state index in [4.69, 9.17) is 4.74 Å². The van der Waals surface area contributed by atoms with Gasteiger partial charge in [0.05, 0.1) is 5.56 Å². The lowest BCUT2D eigenvalue weighted by Gasteiger charge is -2.49. The van der Waals surface area contributed by atoms with E-state index in [0.717, 1.165) is 60.6 Å². The molecule has 1 amide bonds. The molecule has 2 saturated carbocycles. The molecular formula is C29H33F2N3O2. The van der Waals surface area contributed by atoms with Crippen LogP contribution in [0.2, 0.25) is 0 Å². The molecule has 0 bridgehead atoms. The van der Waals surface area contributed by atoms with Gasteiger partial charge in [0, 0.05) is 48.4 Å². The molecule has 2 aliphatic carbocycles. The summed E-state index contributed by atoms with van der Waals surface area (Å²) in [6.07, 6.45) is 6.50. The molecule has 36 heavy (non-hydrogen) atoms. The maximum absolute atomic E-state index is 14.7. The van der Waals surface area contributed by atoms with E-state index in [-0.39, 0.29) is 34.7 Å². The molecule has 0 aromatic heterocycles. The van der Waals surface area contributed by atoms with E-state index in [9.17, 15) is 13.6 Å². The van der Waals surface area contributed by atoms with Crippen LogP contribution in [-0.2, 0) is 18.4 Å². The van der Waals surface area contributed by atoms with Gasteiger partial charge in [-0.25, -0.2) is 8.78 Å². The Kier molecular flexibility index (Phi) is 5.11. The van der Waals surface area contributed by atoms with E-state index in [2.05, 4.69) is 22.5 Å². The first-order chi connectivity index (χ1) is 17.4. The normalized spacial score (nSPS) is 30.1. The summed E-state index contributed by atoms with van der Waals surface area (Å²) in [7, 11) is 0. The number of ether oxygens (including phenoxy) is 1. The van der Waals surface area contributed by atoms with Crippen molar-refractivity contribution in [2.75, 3.05) is 25.0 Å². The molecule has 2 aromatic rings. The first-order valence-electron chi connectivity index (χ1n) is 13.4. The van der Waals surface area contributed by atoms with Gasteiger partial charge in [0.15, 0.2) is 11.6 Å². The predicted molar refractivity (Wildman–Crippen MR) is 133 cm³/mol. The number of fused-ring (bicyclic) bond motifs is 4. The first kappa shape index (κ1) is 22.5. The number of nitrogens with one attached hydrogen (secondary N) is 2. The third-order valence-corrected chi connectivity index (χ3v) is 9.30. The summed E-state index contributed by atoms with van der Waals surface area (Å²) < 4.78 is 34.7. The molecule has 2 atom stereocenters. The van der Waals surface area contributed by atoms with Gasteiger partial charge < -0.3 is 15.4 Å². The van der Waals surface area contributed by atoms with E-state index in [1.165, 1.54) is 25.0 Å². The number of anilines is 1. The summed E-state index contributed by atoms with van der Waals surface area (Å²) in [4.78, 5) is 15.1. The standard InChI is InChI=1S/C29H33F2N3O2/c1-29(15-33-25-5-4-19(30)9-23(25)29)11-17-6-20(7-17)34(13-16-2-3-16)21-10-22-26-18(12-32-28(26)35)8-24(31)27(22)36-14-21/h4-5,8-9,16-17,20-21,33H,2-3,6-7,10-15H2,1H3,(H,32,35). The van der Waals surface area contributed by atoms with Crippen molar-refractivity contribution in [1.82, 2.24) is 10.2 Å². The molecule has 5 nitrogen and oxygen atoms in total. The van der Waals surface area contributed by atoms with Gasteiger partial charge in [-0.05, 0) is 85.8 Å². The number of rotatable bonds is 6. The van der Waals surface area contributed by atoms with Crippen molar-refractivity contribution in [3.8, 4) is 5.75 Å². The smallest absolute Gasteiger partial charge is 0.252 e. The average molecular weight is 494 g/mol. The summed E-state index contributed by atoms with van der Waals surface area (Å²) >= 11 is 0. The fourth-order valence-corrected chi connectivity index (χ4v) is 7.17. The quantitative estimate of drug-likeness (QED) is 0.609. The van der Waals surface area contributed by atoms with Crippen LogP contribution in [0.25, 0.3) is 0 Å². The molecule has 3 heterocycles. The summed E-state index contributed by atoms with van der Waals surface area (Å²) in [5.74, 6) is 0.970. The molecule has 190 valence electrons. The molecule has 2 N–H and O–H groups in total. The van der Waals surface area contributed by atoms with Gasteiger partial charge in [-0.3, -0.25) is 9.69 Å². The molecule has 7 rings (SSSR count). The van der Waals surface area contributed by atoms with Crippen molar-refractivity contribution in [3.63, 3.8) is 0 Å². The van der Waals surface area contributed by atoms with Crippen LogP contribution < -0.4 is 15.4 Å². The second kappa shape index (κ2) is 8.17. The van der Waals surface area contributed by atoms with Crippen LogP contribution in [0.5, 0.6) is 5.75 Å². The van der Waals surface area contributed by atoms with E-state index in [1.54, 1.807) is 6.07 Å². The molecule has 2 fully saturated rings. The minimum atomic E-state index is -0.355. The number of hydrogen-bond donors (Lipinski definition) is 2. The Hall–Kier alpha value is -2.67. The van der Waals surface area contributed by atoms with Gasteiger partial charge in [0.2, 0.25) is 0 Å². The zero-order valence-electron chi connectivity index (χ0n) is 20.7. The van der Waals surface area contributed by atoms with Crippen LogP contribution in [0.1, 0.15) is 66.1 Å². The molecule has 2 aromatic carbocycles. The monoisotopic (exact) mass is 493 g/mol. The average Bonchev–Trinajstić information content (AvgIpc) is 3.51. The highest BCUT2D eigenvalue weighted by Crippen LogP contribution is 2.48. The number of carbonyl (C=O) groups is 1. The Morgan fingerprint density at radius 1 is 1.11 bits per heavy atom. The van der Waals surface area contributed by atoms with Crippen LogP contribution >= 0.6 is 0 Å². The van der Waals surface area contributed by atoms with Crippen LogP contribution in [-0.4, -0.2) is 42.6 Å². The lowest BCUT2D eigenvalue weighted by molar-refractivity contribution is 0.00597. The zero-order chi connectivity index (χ0) is 24.6. The molecular weight excluding hydrogens is 460 g/mol. The minimum Gasteiger partial charge on any atom is -0.489 e. The number of amides is 1. The van der Waals surface area contributed by atoms with Gasteiger partial charge in [0.1, 0.15) is 12.4 Å². The highest BCUT2D eigenvalue weighted by Gasteiger charge is 2.45. The Morgan fingerprint density at radius 2 is 1.94 bits per heavy atom. The topological polar surface area (TPSA) is 53.6 Å². The van der Waals surface area contributed by atoms with Gasteiger partial charge >= 0.3 is 0 Å². The molecule has 0 spiro atoms. The Bertz CT molecular complexity index is 1240. The van der Waals surface area contributed by atoms with Crippen molar-refractivity contribution in [3.05, 3.63) is 58.2 Å². The Balaban J connectivity index is 1.08. The first-order valence-corrected chi connectivity index (χ1v) is 13.4. The highest BCUT2D eigenvalue weighted by atomic mass is 19.1. The molecule has 0 saturated heterocycles. The number of benzene rings is 2. The van der Waals surface area contributed by atoms with Gasteiger partial charge in [0.25, 0.3) is 5.91 Å². The fourth-order valence-electron chi connectivity index (χ4n) is 7.17. The largest absolute Gasteiger partial charge is 0.489 e. The van der Waals surface area contributed by atoms with Crippen LogP contribution in [0.3, 0.4) is 0 Å². The van der Waals surface area contributed by atoms with E-state index >= 15 is 0 Å². The molecule has 5 aliphatic rings. The van der Waals surface area contributed by atoms with Gasteiger partial charge in [-0.15, -0.1) is 0 Å². The molecule has 7 heteroatoms.